The van der Waals surface area contributed by atoms with Crippen LogP contribution in [0, 0.1) is 11.3 Å². The van der Waals surface area contributed by atoms with Gasteiger partial charge in [0, 0.05) is 23.8 Å². The van der Waals surface area contributed by atoms with Crippen LogP contribution >= 0.6 is 34.5 Å². The molecule has 0 radical (unpaired) electrons. The molecule has 0 aliphatic rings. The van der Waals surface area contributed by atoms with Gasteiger partial charge in [-0.25, -0.2) is 4.98 Å². The van der Waals surface area contributed by atoms with Crippen LogP contribution in [0.15, 0.2) is 41.8 Å². The van der Waals surface area contributed by atoms with Crippen LogP contribution in [0.5, 0.6) is 5.75 Å². The standard InChI is InChI=1S/C29H33Cl2N3O5S/c1-16(2)14-34(27(38)29(3,4)5)22-12-17(10-11-23(22)39-6)19(26(36)37)13-18-15-40-28(32-18)33-25(35)24-20(30)8-7-9-21(24)31/h7-12,15-16,19H,13-14H2,1-6H3,(H,36,37)(H,32,33,35). The molecule has 8 nitrogen and oxygen atoms in total. The lowest BCUT2D eigenvalue weighted by molar-refractivity contribution is -0.138. The summed E-state index contributed by atoms with van der Waals surface area (Å²) < 4.78 is 5.57. The van der Waals surface area contributed by atoms with Crippen molar-refractivity contribution in [2.45, 2.75) is 47.0 Å². The molecule has 3 rings (SSSR count). The first kappa shape index (κ1) is 31.4. The van der Waals surface area contributed by atoms with Gasteiger partial charge in [-0.05, 0) is 35.7 Å². The van der Waals surface area contributed by atoms with Gasteiger partial charge in [-0.2, -0.15) is 0 Å². The number of nitrogens with one attached hydrogen (secondary N) is 1. The molecular formula is C29H33Cl2N3O5S. The van der Waals surface area contributed by atoms with Gasteiger partial charge in [0.2, 0.25) is 5.91 Å². The van der Waals surface area contributed by atoms with Crippen molar-refractivity contribution in [3.63, 3.8) is 0 Å². The van der Waals surface area contributed by atoms with E-state index in [1.54, 1.807) is 46.7 Å². The number of ether oxygens (including phenoxy) is 1. The summed E-state index contributed by atoms with van der Waals surface area (Å²) in [6.07, 6.45) is 0.0672. The van der Waals surface area contributed by atoms with Gasteiger partial charge in [0.15, 0.2) is 5.13 Å². The molecule has 0 fully saturated rings. The number of carboxylic acids is 1. The zero-order valence-corrected chi connectivity index (χ0v) is 25.6. The van der Waals surface area contributed by atoms with Gasteiger partial charge in [-0.15, -0.1) is 11.3 Å². The van der Waals surface area contributed by atoms with Crippen molar-refractivity contribution in [2.75, 3.05) is 23.9 Å². The Morgan fingerprint density at radius 1 is 1.12 bits per heavy atom. The number of nitrogens with zero attached hydrogens (tertiary/aromatic N) is 2. The highest BCUT2D eigenvalue weighted by Crippen LogP contribution is 2.36. The molecule has 40 heavy (non-hydrogen) atoms. The Morgan fingerprint density at radius 3 is 2.33 bits per heavy atom. The number of hydrogen-bond donors (Lipinski definition) is 2. The van der Waals surface area contributed by atoms with Crippen molar-refractivity contribution in [1.82, 2.24) is 4.98 Å². The highest BCUT2D eigenvalue weighted by Gasteiger charge is 2.32. The number of carboxylic acid groups (broad SMARTS) is 1. The van der Waals surface area contributed by atoms with E-state index in [1.807, 2.05) is 34.6 Å². The zero-order valence-electron chi connectivity index (χ0n) is 23.2. The molecule has 1 atom stereocenters. The molecule has 3 aromatic rings. The van der Waals surface area contributed by atoms with E-state index >= 15 is 0 Å². The van der Waals surface area contributed by atoms with Gasteiger partial charge in [-0.1, -0.05) is 70.0 Å². The maximum absolute atomic E-state index is 13.4. The van der Waals surface area contributed by atoms with E-state index in [-0.39, 0.29) is 39.0 Å². The van der Waals surface area contributed by atoms with Gasteiger partial charge in [0.05, 0.1) is 40.0 Å². The molecular weight excluding hydrogens is 573 g/mol. The molecule has 1 aromatic heterocycles. The molecule has 11 heteroatoms. The van der Waals surface area contributed by atoms with Crippen LogP contribution < -0.4 is 15.0 Å². The van der Waals surface area contributed by atoms with E-state index < -0.39 is 23.2 Å². The van der Waals surface area contributed by atoms with Crippen molar-refractivity contribution in [2.24, 2.45) is 11.3 Å². The zero-order chi connectivity index (χ0) is 29.8. The summed E-state index contributed by atoms with van der Waals surface area (Å²) in [5.41, 5.74) is 0.980. The highest BCUT2D eigenvalue weighted by molar-refractivity contribution is 7.14. The molecule has 0 bridgehead atoms. The molecule has 214 valence electrons. The first-order chi connectivity index (χ1) is 18.7. The van der Waals surface area contributed by atoms with E-state index in [0.29, 0.717) is 29.2 Å². The van der Waals surface area contributed by atoms with Crippen LogP contribution in [0.1, 0.15) is 62.2 Å². The smallest absolute Gasteiger partial charge is 0.311 e. The maximum Gasteiger partial charge on any atom is 0.311 e. The molecule has 0 saturated carbocycles. The number of rotatable bonds is 10. The molecule has 2 N–H and O–H groups in total. The summed E-state index contributed by atoms with van der Waals surface area (Å²) in [7, 11) is 1.52. The molecule has 1 heterocycles. The number of aromatic nitrogens is 1. The molecule has 2 amide bonds. The summed E-state index contributed by atoms with van der Waals surface area (Å²) in [5, 5.41) is 15.2. The predicted octanol–water partition coefficient (Wildman–Crippen LogP) is 7.16. The number of anilines is 2. The summed E-state index contributed by atoms with van der Waals surface area (Å²) in [6, 6.07) is 9.84. The van der Waals surface area contributed by atoms with Crippen LogP contribution in [0.25, 0.3) is 0 Å². The molecule has 0 aliphatic carbocycles. The average Bonchev–Trinajstić information content (AvgIpc) is 3.31. The lowest BCUT2D eigenvalue weighted by Crippen LogP contribution is -2.42. The van der Waals surface area contributed by atoms with E-state index in [4.69, 9.17) is 27.9 Å². The largest absolute Gasteiger partial charge is 0.495 e. The number of thiazole rings is 1. The van der Waals surface area contributed by atoms with E-state index in [2.05, 4.69) is 10.3 Å². The number of aliphatic carboxylic acids is 1. The van der Waals surface area contributed by atoms with Crippen LogP contribution in [0.4, 0.5) is 10.8 Å². The molecule has 0 aliphatic heterocycles. The first-order valence-corrected chi connectivity index (χ1v) is 14.3. The fraction of sp³-hybridized carbons (Fsp3) is 0.379. The molecule has 2 aromatic carbocycles. The topological polar surface area (TPSA) is 109 Å². The summed E-state index contributed by atoms with van der Waals surface area (Å²) in [4.78, 5) is 44.6. The van der Waals surface area contributed by atoms with Gasteiger partial charge in [-0.3, -0.25) is 19.7 Å². The Bertz CT molecular complexity index is 1380. The van der Waals surface area contributed by atoms with Crippen LogP contribution in [-0.2, 0) is 16.0 Å². The lowest BCUT2D eigenvalue weighted by atomic mass is 9.91. The SMILES string of the molecule is COc1ccc(C(Cc2csc(NC(=O)c3c(Cl)cccc3Cl)n2)C(=O)O)cc1N(CC(C)C)C(=O)C(C)(C)C. The number of hydrogen-bond acceptors (Lipinski definition) is 6. The van der Waals surface area contributed by atoms with E-state index in [0.717, 1.165) is 0 Å². The van der Waals surface area contributed by atoms with Crippen molar-refractivity contribution >= 4 is 63.1 Å². The quantitative estimate of drug-likeness (QED) is 0.254. The normalized spacial score (nSPS) is 12.2. The predicted molar refractivity (Wildman–Crippen MR) is 160 cm³/mol. The summed E-state index contributed by atoms with van der Waals surface area (Å²) in [5.74, 6) is -1.97. The third kappa shape index (κ3) is 7.53. The lowest BCUT2D eigenvalue weighted by Gasteiger charge is -2.32. The Balaban J connectivity index is 1.91. The highest BCUT2D eigenvalue weighted by atomic mass is 35.5. The Labute approximate surface area is 248 Å². The Morgan fingerprint density at radius 2 is 1.77 bits per heavy atom. The number of carbonyl (C=O) groups is 3. The minimum absolute atomic E-state index is 0.0672. The van der Waals surface area contributed by atoms with Gasteiger partial charge >= 0.3 is 5.97 Å². The monoisotopic (exact) mass is 605 g/mol. The number of halogens is 2. The second-order valence-electron chi connectivity index (χ2n) is 10.8. The van der Waals surface area contributed by atoms with Gasteiger partial charge < -0.3 is 14.7 Å². The minimum Gasteiger partial charge on any atom is -0.495 e. The van der Waals surface area contributed by atoms with Crippen LogP contribution in [0.2, 0.25) is 10.0 Å². The van der Waals surface area contributed by atoms with Crippen LogP contribution in [-0.4, -0.2) is 41.5 Å². The fourth-order valence-corrected chi connectivity index (χ4v) is 5.37. The van der Waals surface area contributed by atoms with Crippen LogP contribution in [0.3, 0.4) is 0 Å². The summed E-state index contributed by atoms with van der Waals surface area (Å²) >= 11 is 13.4. The number of benzene rings is 2. The average molecular weight is 607 g/mol. The van der Waals surface area contributed by atoms with Crippen molar-refractivity contribution in [3.05, 3.63) is 68.6 Å². The van der Waals surface area contributed by atoms with Crippen molar-refractivity contribution in [3.8, 4) is 5.75 Å². The number of amides is 2. The Kier molecular flexibility index (Phi) is 10.2. The number of methoxy groups -OCH3 is 1. The van der Waals surface area contributed by atoms with E-state index in [1.165, 1.54) is 18.4 Å². The third-order valence-electron chi connectivity index (χ3n) is 6.00. The van der Waals surface area contributed by atoms with Crippen molar-refractivity contribution in [1.29, 1.82) is 0 Å². The van der Waals surface area contributed by atoms with Gasteiger partial charge in [0.25, 0.3) is 5.91 Å². The second kappa shape index (κ2) is 13.0. The van der Waals surface area contributed by atoms with Crippen molar-refractivity contribution < 1.29 is 24.2 Å². The minimum atomic E-state index is -1.05. The maximum atomic E-state index is 13.4. The van der Waals surface area contributed by atoms with E-state index in [9.17, 15) is 19.5 Å². The first-order valence-electron chi connectivity index (χ1n) is 12.6. The second-order valence-corrected chi connectivity index (χ2v) is 12.5. The molecule has 0 saturated heterocycles. The fourth-order valence-electron chi connectivity index (χ4n) is 4.08. The summed E-state index contributed by atoms with van der Waals surface area (Å²) in [6.45, 7) is 10.00. The number of carbonyl (C=O) groups excluding carboxylic acids is 2. The Hall–Kier alpha value is -3.14. The van der Waals surface area contributed by atoms with Gasteiger partial charge in [0.1, 0.15) is 5.75 Å². The third-order valence-corrected chi connectivity index (χ3v) is 7.44. The molecule has 0 spiro atoms. The molecule has 1 unspecified atom stereocenters.